The fourth-order valence-corrected chi connectivity index (χ4v) is 4.68. The molecule has 0 unspecified atom stereocenters. The maximum absolute atomic E-state index is 5.91. The first-order chi connectivity index (χ1) is 14.5. The van der Waals surface area contributed by atoms with E-state index in [0.717, 1.165) is 33.4 Å². The van der Waals surface area contributed by atoms with Gasteiger partial charge in [0.1, 0.15) is 18.6 Å². The lowest BCUT2D eigenvalue weighted by atomic mass is 9.89. The average Bonchev–Trinajstić information content (AvgIpc) is 3.29. The summed E-state index contributed by atoms with van der Waals surface area (Å²) in [7, 11) is 0. The molecule has 0 atom stereocenters. The summed E-state index contributed by atoms with van der Waals surface area (Å²) in [4.78, 5) is 4.54. The lowest BCUT2D eigenvalue weighted by Gasteiger charge is -2.17. The Labute approximate surface area is 193 Å². The van der Waals surface area contributed by atoms with Crippen LogP contribution >= 0.6 is 22.6 Å². The van der Waals surface area contributed by atoms with Crippen LogP contribution in [0.5, 0.6) is 0 Å². The van der Waals surface area contributed by atoms with Gasteiger partial charge in [0.25, 0.3) is 0 Å². The summed E-state index contributed by atoms with van der Waals surface area (Å²) in [5.41, 5.74) is 3.22. The maximum atomic E-state index is 5.91. The summed E-state index contributed by atoms with van der Waals surface area (Å²) >= 11 is 2.33. The molecule has 30 heavy (non-hydrogen) atoms. The molecule has 3 aromatic rings. The van der Waals surface area contributed by atoms with Gasteiger partial charge in [-0.15, -0.1) is 10.2 Å². The van der Waals surface area contributed by atoms with Crippen LogP contribution in [0.3, 0.4) is 0 Å². The van der Waals surface area contributed by atoms with Crippen LogP contribution in [-0.4, -0.2) is 30.8 Å². The predicted octanol–water partition coefficient (Wildman–Crippen LogP) is 6.60. The molecule has 0 amide bonds. The van der Waals surface area contributed by atoms with Gasteiger partial charge in [0.15, 0.2) is 11.3 Å². The topological polar surface area (TPSA) is 57.2 Å². The van der Waals surface area contributed by atoms with E-state index in [-0.39, 0.29) is 0 Å². The summed E-state index contributed by atoms with van der Waals surface area (Å²) < 4.78 is 11.1. The van der Waals surface area contributed by atoms with Crippen molar-refractivity contribution in [3.05, 3.63) is 22.3 Å². The van der Waals surface area contributed by atoms with E-state index in [1.54, 1.807) is 12.5 Å². The second-order valence-corrected chi connectivity index (χ2v) is 10.6. The number of ether oxygens (including phenoxy) is 1. The molecule has 0 aliphatic heterocycles. The minimum Gasteiger partial charge on any atom is -0.361 e. The van der Waals surface area contributed by atoms with Crippen molar-refractivity contribution in [2.24, 2.45) is 5.41 Å². The summed E-state index contributed by atoms with van der Waals surface area (Å²) in [5.74, 6) is 0. The lowest BCUT2D eigenvalue weighted by Crippen LogP contribution is -2.04. The first kappa shape index (κ1) is 23.4. The van der Waals surface area contributed by atoms with E-state index in [1.165, 1.54) is 57.8 Å². The number of nitrogens with zero attached hydrogens (tertiary/aromatic N) is 5. The Hall–Kier alpha value is -1.22. The summed E-state index contributed by atoms with van der Waals surface area (Å²) in [6, 6.07) is 0. The number of aromatic nitrogens is 5. The van der Waals surface area contributed by atoms with Gasteiger partial charge in [0.2, 0.25) is 0 Å². The maximum Gasteiger partial charge on any atom is 0.179 e. The van der Waals surface area contributed by atoms with Crippen molar-refractivity contribution in [3.8, 4) is 0 Å². The number of hydrogen-bond donors (Lipinski definition) is 0. The Balaban J connectivity index is 1.24. The quantitative estimate of drug-likeness (QED) is 0.186. The Morgan fingerprint density at radius 1 is 0.967 bits per heavy atom. The zero-order chi connectivity index (χ0) is 21.4. The van der Waals surface area contributed by atoms with Crippen LogP contribution < -0.4 is 0 Å². The standard InChI is InChI=1S/C23H36IN5O/c1-23(2,3)13-11-9-7-5-4-6-8-10-12-14-30-18-28-16-19(24)21-22(28)25-15-20-27-26-17-29(20)21/h15-17H,4-14,18H2,1-3H3. The third-order valence-electron chi connectivity index (χ3n) is 5.54. The predicted molar refractivity (Wildman–Crippen MR) is 131 cm³/mol. The van der Waals surface area contributed by atoms with Crippen molar-refractivity contribution in [1.29, 1.82) is 0 Å². The molecule has 0 N–H and O–H groups in total. The van der Waals surface area contributed by atoms with Gasteiger partial charge in [0, 0.05) is 12.8 Å². The summed E-state index contributed by atoms with van der Waals surface area (Å²) in [6.07, 6.45) is 19.0. The van der Waals surface area contributed by atoms with E-state index >= 15 is 0 Å². The van der Waals surface area contributed by atoms with Crippen LogP contribution in [-0.2, 0) is 11.5 Å². The number of unbranched alkanes of at least 4 members (excludes halogenated alkanes) is 8. The Bertz CT molecular complexity index is 911. The molecule has 0 saturated heterocycles. The van der Waals surface area contributed by atoms with E-state index in [0.29, 0.717) is 12.1 Å². The van der Waals surface area contributed by atoms with Gasteiger partial charge >= 0.3 is 0 Å². The smallest absolute Gasteiger partial charge is 0.179 e. The Morgan fingerprint density at radius 3 is 2.33 bits per heavy atom. The molecule has 0 bridgehead atoms. The highest BCUT2D eigenvalue weighted by atomic mass is 127. The zero-order valence-corrected chi connectivity index (χ0v) is 20.9. The molecular weight excluding hydrogens is 489 g/mol. The SMILES string of the molecule is CC(C)(C)CCCCCCCCCCCOCn1cc(I)c2c1ncc1nncn12. The monoisotopic (exact) mass is 525 g/mol. The molecule has 166 valence electrons. The third-order valence-corrected chi connectivity index (χ3v) is 6.33. The van der Waals surface area contributed by atoms with Crippen molar-refractivity contribution in [2.45, 2.75) is 91.7 Å². The second-order valence-electron chi connectivity index (χ2n) is 9.47. The van der Waals surface area contributed by atoms with Gasteiger partial charge in [-0.2, -0.15) is 0 Å². The molecule has 0 spiro atoms. The fraction of sp³-hybridized carbons (Fsp3) is 0.696. The van der Waals surface area contributed by atoms with Crippen LogP contribution in [0.25, 0.3) is 16.8 Å². The Kier molecular flexibility index (Phi) is 8.92. The molecule has 0 saturated carbocycles. The van der Waals surface area contributed by atoms with Crippen LogP contribution in [0.2, 0.25) is 0 Å². The van der Waals surface area contributed by atoms with Crippen molar-refractivity contribution in [2.75, 3.05) is 6.61 Å². The Morgan fingerprint density at radius 2 is 1.63 bits per heavy atom. The molecule has 3 heterocycles. The first-order valence-corrected chi connectivity index (χ1v) is 12.4. The highest BCUT2D eigenvalue weighted by Gasteiger charge is 2.12. The third kappa shape index (κ3) is 6.90. The molecule has 7 heteroatoms. The van der Waals surface area contributed by atoms with Crippen molar-refractivity contribution < 1.29 is 4.74 Å². The van der Waals surface area contributed by atoms with Gasteiger partial charge in [-0.05, 0) is 40.8 Å². The van der Waals surface area contributed by atoms with Gasteiger partial charge in [0.05, 0.1) is 9.77 Å². The van der Waals surface area contributed by atoms with Crippen LogP contribution in [0, 0.1) is 8.99 Å². The fourth-order valence-electron chi connectivity index (χ4n) is 3.84. The van der Waals surface area contributed by atoms with E-state index in [2.05, 4.69) is 69.3 Å². The number of hydrogen-bond acceptors (Lipinski definition) is 4. The van der Waals surface area contributed by atoms with Gasteiger partial charge < -0.3 is 9.30 Å². The molecule has 0 aromatic carbocycles. The van der Waals surface area contributed by atoms with Crippen molar-refractivity contribution in [1.82, 2.24) is 24.1 Å². The molecule has 3 aromatic heterocycles. The lowest BCUT2D eigenvalue weighted by molar-refractivity contribution is 0.0762. The van der Waals surface area contributed by atoms with E-state index < -0.39 is 0 Å². The highest BCUT2D eigenvalue weighted by Crippen LogP contribution is 2.23. The number of fused-ring (bicyclic) bond motifs is 3. The zero-order valence-electron chi connectivity index (χ0n) is 18.7. The minimum atomic E-state index is 0.496. The van der Waals surface area contributed by atoms with Crippen molar-refractivity contribution >= 4 is 39.4 Å². The minimum absolute atomic E-state index is 0.496. The van der Waals surface area contributed by atoms with Crippen LogP contribution in [0.4, 0.5) is 0 Å². The molecule has 0 radical (unpaired) electrons. The first-order valence-electron chi connectivity index (χ1n) is 11.4. The van der Waals surface area contributed by atoms with E-state index in [4.69, 9.17) is 4.74 Å². The van der Waals surface area contributed by atoms with Crippen LogP contribution in [0.15, 0.2) is 18.7 Å². The van der Waals surface area contributed by atoms with E-state index in [9.17, 15) is 0 Å². The second kappa shape index (κ2) is 11.4. The van der Waals surface area contributed by atoms with E-state index in [1.807, 2.05) is 4.40 Å². The average molecular weight is 525 g/mol. The normalized spacial score (nSPS) is 12.4. The molecular formula is C23H36IN5O. The van der Waals surface area contributed by atoms with Gasteiger partial charge in [-0.1, -0.05) is 72.1 Å². The largest absolute Gasteiger partial charge is 0.361 e. The molecule has 0 aliphatic rings. The van der Waals surface area contributed by atoms with Crippen molar-refractivity contribution in [3.63, 3.8) is 0 Å². The van der Waals surface area contributed by atoms with Gasteiger partial charge in [-0.25, -0.2) is 4.98 Å². The van der Waals surface area contributed by atoms with Gasteiger partial charge in [-0.3, -0.25) is 4.40 Å². The molecule has 6 nitrogen and oxygen atoms in total. The summed E-state index contributed by atoms with van der Waals surface area (Å²) in [5, 5.41) is 8.05. The highest BCUT2D eigenvalue weighted by molar-refractivity contribution is 14.1. The molecule has 0 aliphatic carbocycles. The molecule has 0 fully saturated rings. The molecule has 3 rings (SSSR count). The number of rotatable bonds is 13. The number of halogens is 1. The van der Waals surface area contributed by atoms with Crippen LogP contribution in [0.1, 0.15) is 85.0 Å². The summed E-state index contributed by atoms with van der Waals surface area (Å²) in [6.45, 7) is 8.36.